The van der Waals surface area contributed by atoms with Crippen LogP contribution >= 0.6 is 7.82 Å². The molecule has 0 spiro atoms. The Morgan fingerprint density at radius 1 is 1.00 bits per heavy atom. The van der Waals surface area contributed by atoms with Crippen LogP contribution in [0, 0.1) is 0 Å². The van der Waals surface area contributed by atoms with Crippen LogP contribution in [0.3, 0.4) is 0 Å². The molecule has 0 aliphatic rings. The summed E-state index contributed by atoms with van der Waals surface area (Å²) < 4.78 is 107. The molecular formula is C7H10F7O4P. The predicted molar refractivity (Wildman–Crippen MR) is 48.1 cm³/mol. The summed E-state index contributed by atoms with van der Waals surface area (Å²) in [4.78, 5) is 0. The Morgan fingerprint density at radius 3 is 1.84 bits per heavy atom. The van der Waals surface area contributed by atoms with Crippen molar-refractivity contribution in [3.63, 3.8) is 0 Å². The first-order valence-corrected chi connectivity index (χ1v) is 6.14. The number of rotatable bonds is 8. The maximum atomic E-state index is 12.5. The van der Waals surface area contributed by atoms with Gasteiger partial charge in [-0.05, 0) is 6.92 Å². The maximum absolute atomic E-state index is 12.5. The lowest BCUT2D eigenvalue weighted by Gasteiger charge is -2.21. The molecule has 12 heteroatoms. The molecule has 1 atom stereocenters. The number of phosphoric ester groups is 1. The molecule has 0 amide bonds. The average molecular weight is 322 g/mol. The molecule has 0 heterocycles. The van der Waals surface area contributed by atoms with Crippen LogP contribution in [0.25, 0.3) is 0 Å². The lowest BCUT2D eigenvalue weighted by molar-refractivity contribution is -0.167. The zero-order valence-electron chi connectivity index (χ0n) is 9.42. The fourth-order valence-electron chi connectivity index (χ4n) is 0.650. The lowest BCUT2D eigenvalue weighted by Crippen LogP contribution is -2.32. The Morgan fingerprint density at radius 2 is 1.47 bits per heavy atom. The topological polar surface area (TPSA) is 44.8 Å². The van der Waals surface area contributed by atoms with Gasteiger partial charge in [0, 0.05) is 0 Å². The minimum Gasteiger partial charge on any atom is -0.287 e. The van der Waals surface area contributed by atoms with Crippen LogP contribution in [-0.2, 0) is 18.1 Å². The van der Waals surface area contributed by atoms with Gasteiger partial charge in [-0.3, -0.25) is 13.6 Å². The Balaban J connectivity index is 4.59. The largest absolute Gasteiger partial charge is 0.475 e. The van der Waals surface area contributed by atoms with Crippen LogP contribution < -0.4 is 0 Å². The van der Waals surface area contributed by atoms with E-state index >= 15 is 0 Å². The molecule has 116 valence electrons. The second kappa shape index (κ2) is 6.87. The summed E-state index contributed by atoms with van der Waals surface area (Å²) in [6.07, 6.45) is -9.05. The molecule has 0 aromatic carbocycles. The molecule has 0 saturated heterocycles. The molecule has 0 fully saturated rings. The number of hydrogen-bond donors (Lipinski definition) is 0. The van der Waals surface area contributed by atoms with Crippen molar-refractivity contribution >= 4 is 7.82 Å². The highest BCUT2D eigenvalue weighted by molar-refractivity contribution is 7.48. The van der Waals surface area contributed by atoms with Gasteiger partial charge in [0.05, 0.1) is 6.61 Å². The summed E-state index contributed by atoms with van der Waals surface area (Å²) in [6.45, 7) is -3.52. The standard InChI is InChI=1S/C7H10F7O4P/c1-2-16-19(15,18-4-7(12,13)14)17-3-6(10,11)5(8)9/h5H,2-4H2,1H3. The summed E-state index contributed by atoms with van der Waals surface area (Å²) in [5.41, 5.74) is 0. The molecule has 1 unspecified atom stereocenters. The highest BCUT2D eigenvalue weighted by Gasteiger charge is 2.45. The van der Waals surface area contributed by atoms with E-state index in [1.54, 1.807) is 0 Å². The van der Waals surface area contributed by atoms with Gasteiger partial charge in [-0.1, -0.05) is 0 Å². The van der Waals surface area contributed by atoms with E-state index in [9.17, 15) is 35.3 Å². The van der Waals surface area contributed by atoms with Crippen molar-refractivity contribution < 1.29 is 48.9 Å². The lowest BCUT2D eigenvalue weighted by atomic mass is 10.4. The van der Waals surface area contributed by atoms with Crippen molar-refractivity contribution in [1.82, 2.24) is 0 Å². The van der Waals surface area contributed by atoms with Crippen molar-refractivity contribution in [3.05, 3.63) is 0 Å². The molecular weight excluding hydrogens is 312 g/mol. The molecule has 0 bridgehead atoms. The summed E-state index contributed by atoms with van der Waals surface area (Å²) in [6, 6.07) is 0. The first kappa shape index (κ1) is 18.6. The van der Waals surface area contributed by atoms with Gasteiger partial charge in [0.1, 0.15) is 6.61 Å². The first-order valence-electron chi connectivity index (χ1n) is 4.68. The minimum atomic E-state index is -4.99. The SMILES string of the molecule is CCOP(=O)(OCC(F)(F)F)OCC(F)(F)C(F)F. The van der Waals surface area contributed by atoms with E-state index in [1.165, 1.54) is 0 Å². The van der Waals surface area contributed by atoms with Crippen LogP contribution in [0.1, 0.15) is 6.92 Å². The molecule has 0 saturated carbocycles. The number of alkyl halides is 7. The quantitative estimate of drug-likeness (QED) is 0.506. The van der Waals surface area contributed by atoms with Crippen LogP contribution in [0.5, 0.6) is 0 Å². The van der Waals surface area contributed by atoms with Gasteiger partial charge in [-0.25, -0.2) is 13.3 Å². The van der Waals surface area contributed by atoms with Gasteiger partial charge < -0.3 is 0 Å². The molecule has 0 aliphatic carbocycles. The van der Waals surface area contributed by atoms with Crippen LogP contribution in [0.4, 0.5) is 30.7 Å². The summed E-state index contributed by atoms with van der Waals surface area (Å²) in [5, 5.41) is 0. The molecule has 19 heavy (non-hydrogen) atoms. The van der Waals surface area contributed by atoms with Crippen molar-refractivity contribution in [2.45, 2.75) is 25.4 Å². The zero-order chi connectivity index (χ0) is 15.3. The highest BCUT2D eigenvalue weighted by Crippen LogP contribution is 2.51. The predicted octanol–water partition coefficient (Wildman–Crippen LogP) is 3.63. The highest BCUT2D eigenvalue weighted by atomic mass is 31.2. The maximum Gasteiger partial charge on any atom is 0.475 e. The smallest absolute Gasteiger partial charge is 0.287 e. The van der Waals surface area contributed by atoms with E-state index in [0.29, 0.717) is 0 Å². The van der Waals surface area contributed by atoms with Gasteiger partial charge >= 0.3 is 26.3 Å². The minimum absolute atomic E-state index is 0.491. The van der Waals surface area contributed by atoms with E-state index in [1.807, 2.05) is 0 Å². The number of phosphoric acid groups is 1. The second-order valence-electron chi connectivity index (χ2n) is 3.09. The third kappa shape index (κ3) is 7.71. The first-order chi connectivity index (χ1) is 8.42. The average Bonchev–Trinajstić information content (AvgIpc) is 2.24. The van der Waals surface area contributed by atoms with Crippen molar-refractivity contribution in [2.75, 3.05) is 19.8 Å². The molecule has 0 aromatic heterocycles. The molecule has 0 N–H and O–H groups in total. The molecule has 4 nitrogen and oxygen atoms in total. The van der Waals surface area contributed by atoms with E-state index in [2.05, 4.69) is 13.6 Å². The Labute approximate surface area is 103 Å². The molecule has 0 aromatic rings. The third-order valence-corrected chi connectivity index (χ3v) is 2.87. The van der Waals surface area contributed by atoms with Gasteiger partial charge in [0.25, 0.3) is 0 Å². The third-order valence-electron chi connectivity index (χ3n) is 1.41. The van der Waals surface area contributed by atoms with E-state index in [4.69, 9.17) is 0 Å². The second-order valence-corrected chi connectivity index (χ2v) is 4.76. The Bertz CT molecular complexity index is 319. The van der Waals surface area contributed by atoms with E-state index < -0.39 is 46.2 Å². The van der Waals surface area contributed by atoms with Crippen LogP contribution in [0.15, 0.2) is 0 Å². The normalized spacial score (nSPS) is 16.7. The summed E-state index contributed by atoms with van der Waals surface area (Å²) in [7, 11) is -4.99. The Hall–Kier alpha value is -0.380. The monoisotopic (exact) mass is 322 g/mol. The molecule has 0 aliphatic heterocycles. The van der Waals surface area contributed by atoms with Crippen LogP contribution in [-0.4, -0.2) is 38.3 Å². The Kier molecular flexibility index (Phi) is 6.73. The summed E-state index contributed by atoms with van der Waals surface area (Å²) >= 11 is 0. The zero-order valence-corrected chi connectivity index (χ0v) is 10.3. The van der Waals surface area contributed by atoms with Gasteiger partial charge in [-0.2, -0.15) is 22.0 Å². The molecule has 0 rings (SSSR count). The number of halogens is 7. The van der Waals surface area contributed by atoms with Gasteiger partial charge in [-0.15, -0.1) is 0 Å². The van der Waals surface area contributed by atoms with E-state index in [0.717, 1.165) is 6.92 Å². The van der Waals surface area contributed by atoms with Gasteiger partial charge in [0.2, 0.25) is 0 Å². The molecule has 0 radical (unpaired) electrons. The van der Waals surface area contributed by atoms with Crippen molar-refractivity contribution in [3.8, 4) is 0 Å². The van der Waals surface area contributed by atoms with E-state index in [-0.39, 0.29) is 0 Å². The fraction of sp³-hybridized carbons (Fsp3) is 1.00. The van der Waals surface area contributed by atoms with Gasteiger partial charge in [0.15, 0.2) is 6.61 Å². The summed E-state index contributed by atoms with van der Waals surface area (Å²) in [5.74, 6) is -4.69. The fourth-order valence-corrected chi connectivity index (χ4v) is 1.82. The number of hydrogen-bond acceptors (Lipinski definition) is 4. The van der Waals surface area contributed by atoms with Crippen molar-refractivity contribution in [1.29, 1.82) is 0 Å². The van der Waals surface area contributed by atoms with Crippen molar-refractivity contribution in [2.24, 2.45) is 0 Å². The van der Waals surface area contributed by atoms with Crippen LogP contribution in [0.2, 0.25) is 0 Å².